The van der Waals surface area contributed by atoms with E-state index in [0.717, 1.165) is 25.8 Å². The van der Waals surface area contributed by atoms with Gasteiger partial charge < -0.3 is 10.0 Å². The molecule has 1 rings (SSSR count). The smallest absolute Gasteiger partial charge is 0.225 e. The van der Waals surface area contributed by atoms with Crippen LogP contribution >= 0.6 is 0 Å². The van der Waals surface area contributed by atoms with Crippen LogP contribution in [0.3, 0.4) is 0 Å². The predicted octanol–water partition coefficient (Wildman–Crippen LogP) is 1.41. The highest BCUT2D eigenvalue weighted by molar-refractivity contribution is 5.78. The summed E-state index contributed by atoms with van der Waals surface area (Å²) >= 11 is 0. The van der Waals surface area contributed by atoms with Crippen LogP contribution in [-0.4, -0.2) is 35.1 Å². The average Bonchev–Trinajstić information content (AvgIpc) is 2.18. The van der Waals surface area contributed by atoms with E-state index in [1.165, 1.54) is 6.42 Å². The Labute approximate surface area is 86.1 Å². The Kier molecular flexibility index (Phi) is 4.39. The minimum atomic E-state index is 0.0780. The van der Waals surface area contributed by atoms with E-state index in [4.69, 9.17) is 5.11 Å². The number of aliphatic hydroxyl groups excluding tert-OH is 1. The van der Waals surface area contributed by atoms with Crippen molar-refractivity contribution < 1.29 is 9.90 Å². The number of piperidine rings is 1. The van der Waals surface area contributed by atoms with Crippen molar-refractivity contribution in [3.63, 3.8) is 0 Å². The minimum Gasteiger partial charge on any atom is -0.396 e. The van der Waals surface area contributed by atoms with Crippen molar-refractivity contribution in [3.8, 4) is 0 Å². The summed E-state index contributed by atoms with van der Waals surface area (Å²) in [6.45, 7) is 4.94. The van der Waals surface area contributed by atoms with E-state index in [1.54, 1.807) is 0 Å². The fraction of sp³-hybridized carbons (Fsp3) is 0.909. The summed E-state index contributed by atoms with van der Waals surface area (Å²) in [6.07, 6.45) is 4.09. The molecule has 1 fully saturated rings. The SMILES string of the molecule is CC(C)C(=O)N1CCCCC1CCO. The molecular formula is C11H21NO2. The van der Waals surface area contributed by atoms with Crippen LogP contribution in [0.4, 0.5) is 0 Å². The number of aliphatic hydroxyl groups is 1. The highest BCUT2D eigenvalue weighted by Crippen LogP contribution is 2.21. The first-order chi connectivity index (χ1) is 6.66. The zero-order valence-corrected chi connectivity index (χ0v) is 9.20. The van der Waals surface area contributed by atoms with Crippen molar-refractivity contribution in [1.29, 1.82) is 0 Å². The number of amides is 1. The van der Waals surface area contributed by atoms with E-state index < -0.39 is 0 Å². The molecule has 3 nitrogen and oxygen atoms in total. The number of hydrogen-bond acceptors (Lipinski definition) is 2. The van der Waals surface area contributed by atoms with Crippen molar-refractivity contribution in [2.24, 2.45) is 5.92 Å². The van der Waals surface area contributed by atoms with Gasteiger partial charge in [-0.1, -0.05) is 13.8 Å². The summed E-state index contributed by atoms with van der Waals surface area (Å²) in [6, 6.07) is 0.281. The van der Waals surface area contributed by atoms with Crippen molar-refractivity contribution in [3.05, 3.63) is 0 Å². The normalized spacial score (nSPS) is 22.9. The monoisotopic (exact) mass is 199 g/mol. The molecule has 1 unspecified atom stereocenters. The molecule has 1 heterocycles. The van der Waals surface area contributed by atoms with Gasteiger partial charge in [0.2, 0.25) is 5.91 Å². The van der Waals surface area contributed by atoms with E-state index in [1.807, 2.05) is 18.7 Å². The standard InChI is InChI=1S/C11H21NO2/c1-9(2)11(14)12-7-4-3-5-10(12)6-8-13/h9-10,13H,3-8H2,1-2H3. The molecule has 1 N–H and O–H groups in total. The number of likely N-dealkylation sites (tertiary alicyclic amines) is 1. The van der Waals surface area contributed by atoms with Crippen molar-refractivity contribution >= 4 is 5.91 Å². The number of nitrogens with zero attached hydrogens (tertiary/aromatic N) is 1. The summed E-state index contributed by atoms with van der Waals surface area (Å²) in [5, 5.41) is 8.92. The number of rotatable bonds is 3. The maximum absolute atomic E-state index is 11.8. The Balaban J connectivity index is 2.57. The molecule has 1 aliphatic heterocycles. The molecular weight excluding hydrogens is 178 g/mol. The first-order valence-corrected chi connectivity index (χ1v) is 5.58. The molecule has 1 saturated heterocycles. The number of hydrogen-bond donors (Lipinski definition) is 1. The van der Waals surface area contributed by atoms with Gasteiger partial charge in [-0.15, -0.1) is 0 Å². The second-order valence-electron chi connectivity index (χ2n) is 4.35. The van der Waals surface area contributed by atoms with Gasteiger partial charge in [0.1, 0.15) is 0 Å². The maximum atomic E-state index is 11.8. The van der Waals surface area contributed by atoms with E-state index >= 15 is 0 Å². The largest absolute Gasteiger partial charge is 0.396 e. The molecule has 1 aliphatic rings. The van der Waals surface area contributed by atoms with E-state index in [0.29, 0.717) is 0 Å². The lowest BCUT2D eigenvalue weighted by Crippen LogP contribution is -2.45. The van der Waals surface area contributed by atoms with E-state index in [9.17, 15) is 4.79 Å². The van der Waals surface area contributed by atoms with Gasteiger partial charge in [-0.25, -0.2) is 0 Å². The molecule has 3 heteroatoms. The van der Waals surface area contributed by atoms with Crippen LogP contribution in [0.5, 0.6) is 0 Å². The van der Waals surface area contributed by atoms with Gasteiger partial charge in [-0.05, 0) is 25.7 Å². The van der Waals surface area contributed by atoms with Crippen LogP contribution in [0.1, 0.15) is 39.5 Å². The molecule has 0 aromatic carbocycles. The molecule has 0 spiro atoms. The lowest BCUT2D eigenvalue weighted by molar-refractivity contribution is -0.138. The third kappa shape index (κ3) is 2.71. The molecule has 0 radical (unpaired) electrons. The summed E-state index contributed by atoms with van der Waals surface area (Å²) in [7, 11) is 0. The molecule has 0 aliphatic carbocycles. The Morgan fingerprint density at radius 3 is 2.79 bits per heavy atom. The van der Waals surface area contributed by atoms with Crippen molar-refractivity contribution in [2.75, 3.05) is 13.2 Å². The van der Waals surface area contributed by atoms with E-state index in [2.05, 4.69) is 0 Å². The second-order valence-corrected chi connectivity index (χ2v) is 4.35. The summed E-state index contributed by atoms with van der Waals surface area (Å²) in [5.74, 6) is 0.317. The van der Waals surface area contributed by atoms with Crippen LogP contribution in [-0.2, 0) is 4.79 Å². The minimum absolute atomic E-state index is 0.0780. The first kappa shape index (κ1) is 11.5. The number of carbonyl (C=O) groups is 1. The summed E-state index contributed by atoms with van der Waals surface area (Å²) in [4.78, 5) is 13.8. The Bertz CT molecular complexity index is 190. The Morgan fingerprint density at radius 1 is 1.50 bits per heavy atom. The molecule has 14 heavy (non-hydrogen) atoms. The fourth-order valence-electron chi connectivity index (χ4n) is 2.07. The van der Waals surface area contributed by atoms with Crippen LogP contribution in [0.2, 0.25) is 0 Å². The van der Waals surface area contributed by atoms with Crippen LogP contribution in [0, 0.1) is 5.92 Å². The average molecular weight is 199 g/mol. The van der Waals surface area contributed by atoms with E-state index in [-0.39, 0.29) is 24.5 Å². The van der Waals surface area contributed by atoms with Gasteiger partial charge in [-0.2, -0.15) is 0 Å². The fourth-order valence-corrected chi connectivity index (χ4v) is 2.07. The molecule has 0 aromatic rings. The van der Waals surface area contributed by atoms with Gasteiger partial charge >= 0.3 is 0 Å². The molecule has 1 atom stereocenters. The van der Waals surface area contributed by atoms with Gasteiger partial charge in [-0.3, -0.25) is 4.79 Å². The lowest BCUT2D eigenvalue weighted by Gasteiger charge is -2.36. The van der Waals surface area contributed by atoms with Crippen molar-refractivity contribution in [2.45, 2.75) is 45.6 Å². The van der Waals surface area contributed by atoms with Gasteiger partial charge in [0.15, 0.2) is 0 Å². The highest BCUT2D eigenvalue weighted by atomic mass is 16.3. The molecule has 82 valence electrons. The molecule has 0 saturated carbocycles. The lowest BCUT2D eigenvalue weighted by atomic mass is 9.98. The van der Waals surface area contributed by atoms with Gasteiger partial charge in [0, 0.05) is 25.1 Å². The Morgan fingerprint density at radius 2 is 2.21 bits per heavy atom. The van der Waals surface area contributed by atoms with Gasteiger partial charge in [0.05, 0.1) is 0 Å². The summed E-state index contributed by atoms with van der Waals surface area (Å²) < 4.78 is 0. The third-order valence-electron chi connectivity index (χ3n) is 2.87. The maximum Gasteiger partial charge on any atom is 0.225 e. The van der Waals surface area contributed by atoms with Crippen molar-refractivity contribution in [1.82, 2.24) is 4.90 Å². The number of carbonyl (C=O) groups excluding carboxylic acids is 1. The molecule has 0 bridgehead atoms. The quantitative estimate of drug-likeness (QED) is 0.746. The molecule has 0 aromatic heterocycles. The van der Waals surface area contributed by atoms with Crippen LogP contribution in [0.25, 0.3) is 0 Å². The zero-order chi connectivity index (χ0) is 10.6. The third-order valence-corrected chi connectivity index (χ3v) is 2.87. The Hall–Kier alpha value is -0.570. The summed E-state index contributed by atoms with van der Waals surface area (Å²) in [5.41, 5.74) is 0. The van der Waals surface area contributed by atoms with Gasteiger partial charge in [0.25, 0.3) is 0 Å². The highest BCUT2D eigenvalue weighted by Gasteiger charge is 2.27. The zero-order valence-electron chi connectivity index (χ0n) is 9.20. The second kappa shape index (κ2) is 5.35. The van der Waals surface area contributed by atoms with Crippen LogP contribution in [0.15, 0.2) is 0 Å². The predicted molar refractivity (Wildman–Crippen MR) is 55.9 cm³/mol. The molecule has 1 amide bonds. The topological polar surface area (TPSA) is 40.5 Å². The van der Waals surface area contributed by atoms with Crippen LogP contribution < -0.4 is 0 Å². The first-order valence-electron chi connectivity index (χ1n) is 5.58.